The van der Waals surface area contributed by atoms with E-state index in [2.05, 4.69) is 4.84 Å². The second-order valence-electron chi connectivity index (χ2n) is 7.55. The molecule has 1 heterocycles. The molecule has 0 aromatic heterocycles. The average Bonchev–Trinajstić information content (AvgIpc) is 3.01. The van der Waals surface area contributed by atoms with Crippen LogP contribution in [0.2, 0.25) is 10.0 Å². The number of carbonyl (C=O) groups is 1. The van der Waals surface area contributed by atoms with Gasteiger partial charge in [0.1, 0.15) is 6.10 Å². The van der Waals surface area contributed by atoms with Gasteiger partial charge in [-0.15, -0.1) is 0 Å². The van der Waals surface area contributed by atoms with E-state index in [1.54, 1.807) is 26.8 Å². The van der Waals surface area contributed by atoms with Gasteiger partial charge in [0.15, 0.2) is 11.9 Å². The number of carbonyl (C=O) groups excluding carboxylic acids is 1. The Labute approximate surface area is 191 Å². The molecule has 0 unspecified atom stereocenters. The molecule has 1 fully saturated rings. The first-order valence-electron chi connectivity index (χ1n) is 9.66. The van der Waals surface area contributed by atoms with Gasteiger partial charge in [-0.3, -0.25) is 0 Å². The second kappa shape index (κ2) is 9.86. The van der Waals surface area contributed by atoms with Gasteiger partial charge in [-0.2, -0.15) is 0 Å². The molecule has 3 atom stereocenters. The fourth-order valence-corrected chi connectivity index (χ4v) is 4.24. The van der Waals surface area contributed by atoms with E-state index in [1.165, 1.54) is 0 Å². The van der Waals surface area contributed by atoms with E-state index in [0.29, 0.717) is 16.5 Å². The van der Waals surface area contributed by atoms with Gasteiger partial charge in [-0.1, -0.05) is 47.5 Å². The molecule has 0 bridgehead atoms. The summed E-state index contributed by atoms with van der Waals surface area (Å²) >= 11 is 18.2. The van der Waals surface area contributed by atoms with Crippen LogP contribution in [0.1, 0.15) is 26.3 Å². The van der Waals surface area contributed by atoms with Crippen LogP contribution in [0.4, 0.5) is 0 Å². The molecule has 162 valence electrons. The summed E-state index contributed by atoms with van der Waals surface area (Å²) in [7, 11) is 0. The Bertz CT molecular complexity index is 868. The molecule has 5 nitrogen and oxygen atoms in total. The molecule has 1 N–H and O–H groups in total. The van der Waals surface area contributed by atoms with Crippen LogP contribution in [0, 0.1) is 0 Å². The lowest BCUT2D eigenvalue weighted by atomic mass is 9.96. The number of hydrogen-bond acceptors (Lipinski definition) is 5. The molecular weight excluding hydrogens is 449 g/mol. The van der Waals surface area contributed by atoms with E-state index in [9.17, 15) is 4.79 Å². The van der Waals surface area contributed by atoms with Crippen LogP contribution in [0.25, 0.3) is 11.1 Å². The summed E-state index contributed by atoms with van der Waals surface area (Å²) in [5, 5.41) is 1.16. The van der Waals surface area contributed by atoms with Crippen LogP contribution >= 0.6 is 35.0 Å². The predicted molar refractivity (Wildman–Crippen MR) is 119 cm³/mol. The maximum atomic E-state index is 12.4. The average molecular weight is 473 g/mol. The maximum Gasteiger partial charge on any atom is 0.338 e. The Kier molecular flexibility index (Phi) is 7.66. The number of nitrogens with one attached hydrogen (secondary N) is 1. The van der Waals surface area contributed by atoms with Crippen LogP contribution in [0.15, 0.2) is 42.5 Å². The number of benzene rings is 2. The zero-order valence-corrected chi connectivity index (χ0v) is 19.2. The molecule has 3 rings (SSSR count). The fourth-order valence-electron chi connectivity index (χ4n) is 3.51. The minimum atomic E-state index is -0.913. The van der Waals surface area contributed by atoms with Gasteiger partial charge >= 0.3 is 5.97 Å². The molecule has 0 aliphatic carbocycles. The third-order valence-corrected chi connectivity index (χ3v) is 5.51. The molecule has 0 saturated carbocycles. The van der Waals surface area contributed by atoms with Crippen molar-refractivity contribution in [1.29, 1.82) is 0 Å². The molecular formula is C22H24Cl3NO4. The Hall–Kier alpha value is -1.34. The molecule has 2 aromatic carbocycles. The quantitative estimate of drug-likeness (QED) is 0.432. The van der Waals surface area contributed by atoms with Crippen LogP contribution in [0.3, 0.4) is 0 Å². The van der Waals surface area contributed by atoms with E-state index in [0.717, 1.165) is 16.7 Å². The molecule has 0 spiro atoms. The zero-order chi connectivity index (χ0) is 21.9. The standard InChI is InChI=1S/C22H24Cl3NO4/c1-4-28-21(27)20-19(29-22(2,3)30-20)18(26-25)9-13-5-7-14(8-6-13)15-10-16(23)12-17(24)11-15/h5-8,10-12,18-20,26H,4,9H2,1-3H3/t18-,19+,20+/m1/s1. The highest BCUT2D eigenvalue weighted by atomic mass is 35.5. The zero-order valence-electron chi connectivity index (χ0n) is 17.0. The van der Waals surface area contributed by atoms with Crippen LogP contribution in [-0.4, -0.2) is 36.6 Å². The van der Waals surface area contributed by atoms with Gasteiger partial charge in [-0.25, -0.2) is 9.63 Å². The van der Waals surface area contributed by atoms with Gasteiger partial charge in [0.05, 0.1) is 12.6 Å². The number of esters is 1. The number of ether oxygens (including phenoxy) is 3. The van der Waals surface area contributed by atoms with Crippen molar-refractivity contribution in [3.63, 3.8) is 0 Å². The summed E-state index contributed by atoms with van der Waals surface area (Å²) in [4.78, 5) is 15.1. The molecule has 0 amide bonds. The third kappa shape index (κ3) is 5.67. The minimum absolute atomic E-state index is 0.264. The summed E-state index contributed by atoms with van der Waals surface area (Å²) < 4.78 is 16.9. The van der Waals surface area contributed by atoms with E-state index in [1.807, 2.05) is 36.4 Å². The van der Waals surface area contributed by atoms with Crippen molar-refractivity contribution in [2.45, 2.75) is 51.2 Å². The normalized spacial score (nSPS) is 21.4. The lowest BCUT2D eigenvalue weighted by Gasteiger charge is -2.24. The Balaban J connectivity index is 1.77. The van der Waals surface area contributed by atoms with Crippen LogP contribution in [0.5, 0.6) is 0 Å². The predicted octanol–water partition coefficient (Wildman–Crippen LogP) is 5.40. The van der Waals surface area contributed by atoms with Gasteiger partial charge in [0.25, 0.3) is 0 Å². The van der Waals surface area contributed by atoms with Crippen molar-refractivity contribution < 1.29 is 19.0 Å². The lowest BCUT2D eigenvalue weighted by molar-refractivity contribution is -0.170. The Morgan fingerprint density at radius 3 is 2.30 bits per heavy atom. The molecule has 8 heteroatoms. The summed E-state index contributed by atoms with van der Waals surface area (Å²) in [6, 6.07) is 13.0. The molecule has 1 aliphatic heterocycles. The topological polar surface area (TPSA) is 56.8 Å². The van der Waals surface area contributed by atoms with Crippen molar-refractivity contribution in [3.05, 3.63) is 58.1 Å². The smallest absolute Gasteiger partial charge is 0.338 e. The fraction of sp³-hybridized carbons (Fsp3) is 0.409. The highest BCUT2D eigenvalue weighted by molar-refractivity contribution is 6.35. The van der Waals surface area contributed by atoms with E-state index in [4.69, 9.17) is 49.2 Å². The molecule has 0 radical (unpaired) electrons. The summed E-state index contributed by atoms with van der Waals surface area (Å²) in [5.74, 6) is -1.37. The SMILES string of the molecule is CCOC(=O)[C@H]1OC(C)(C)O[C@H]1[C@@H](Cc1ccc(-c2cc(Cl)cc(Cl)c2)cc1)NCl. The molecule has 2 aromatic rings. The second-order valence-corrected chi connectivity index (χ2v) is 8.64. The van der Waals surface area contributed by atoms with Crippen molar-refractivity contribution >= 4 is 40.9 Å². The monoisotopic (exact) mass is 471 g/mol. The number of halogens is 3. The summed E-state index contributed by atoms with van der Waals surface area (Å²) in [6.07, 6.45) is -0.924. The highest BCUT2D eigenvalue weighted by Crippen LogP contribution is 2.32. The lowest BCUT2D eigenvalue weighted by Crippen LogP contribution is -2.46. The largest absolute Gasteiger partial charge is 0.464 e. The van der Waals surface area contributed by atoms with E-state index < -0.39 is 24.0 Å². The van der Waals surface area contributed by atoms with Gasteiger partial charge in [0, 0.05) is 10.0 Å². The first kappa shape index (κ1) is 23.3. The Morgan fingerprint density at radius 1 is 1.10 bits per heavy atom. The van der Waals surface area contributed by atoms with E-state index >= 15 is 0 Å². The number of hydrogen-bond donors (Lipinski definition) is 1. The van der Waals surface area contributed by atoms with Crippen LogP contribution in [-0.2, 0) is 25.4 Å². The first-order chi connectivity index (χ1) is 14.2. The molecule has 1 aliphatic rings. The number of rotatable bonds is 7. The van der Waals surface area contributed by atoms with Gasteiger partial charge < -0.3 is 14.2 Å². The Morgan fingerprint density at radius 2 is 1.73 bits per heavy atom. The molecule has 30 heavy (non-hydrogen) atoms. The summed E-state index contributed by atoms with van der Waals surface area (Å²) in [5.41, 5.74) is 2.94. The highest BCUT2D eigenvalue weighted by Gasteiger charge is 2.49. The minimum Gasteiger partial charge on any atom is -0.464 e. The van der Waals surface area contributed by atoms with Gasteiger partial charge in [-0.05, 0) is 73.9 Å². The van der Waals surface area contributed by atoms with E-state index in [-0.39, 0.29) is 12.6 Å². The van der Waals surface area contributed by atoms with Crippen LogP contribution < -0.4 is 4.84 Å². The van der Waals surface area contributed by atoms with Crippen molar-refractivity contribution in [2.24, 2.45) is 0 Å². The van der Waals surface area contributed by atoms with Gasteiger partial charge in [0.2, 0.25) is 0 Å². The van der Waals surface area contributed by atoms with Crippen molar-refractivity contribution in [2.75, 3.05) is 6.61 Å². The summed E-state index contributed by atoms with van der Waals surface area (Å²) in [6.45, 7) is 5.53. The third-order valence-electron chi connectivity index (χ3n) is 4.79. The van der Waals surface area contributed by atoms with Crippen molar-refractivity contribution in [1.82, 2.24) is 4.84 Å². The maximum absolute atomic E-state index is 12.4. The first-order valence-corrected chi connectivity index (χ1v) is 10.8. The molecule has 1 saturated heterocycles. The van der Waals surface area contributed by atoms with Crippen molar-refractivity contribution in [3.8, 4) is 11.1 Å².